The molecule has 1 N–H and O–H groups in total. The minimum atomic E-state index is -0.347. The molecule has 2 rings (SSSR count). The zero-order valence-corrected chi connectivity index (χ0v) is 12.7. The van der Waals surface area contributed by atoms with Gasteiger partial charge in [-0.25, -0.2) is 4.98 Å². The zero-order chi connectivity index (χ0) is 15.4. The molecule has 2 heterocycles. The highest BCUT2D eigenvalue weighted by Gasteiger charge is 2.32. The van der Waals surface area contributed by atoms with E-state index < -0.39 is 0 Å². The lowest BCUT2D eigenvalue weighted by Gasteiger charge is -2.09. The number of carbonyl (C=O) groups excluding carboxylic acids is 3. The maximum absolute atomic E-state index is 12.0. The zero-order valence-electron chi connectivity index (χ0n) is 11.9. The fourth-order valence-corrected chi connectivity index (χ4v) is 2.77. The van der Waals surface area contributed by atoms with Crippen molar-refractivity contribution in [1.82, 2.24) is 9.88 Å². The molecule has 1 unspecified atom stereocenters. The van der Waals surface area contributed by atoms with Crippen LogP contribution in [0.15, 0.2) is 5.38 Å². The van der Waals surface area contributed by atoms with Crippen LogP contribution in [0.3, 0.4) is 0 Å². The number of likely N-dealkylation sites (tertiary alicyclic amines) is 1. The summed E-state index contributed by atoms with van der Waals surface area (Å²) >= 11 is 1.25. The normalized spacial score (nSPS) is 17.9. The van der Waals surface area contributed by atoms with Gasteiger partial charge in [0.15, 0.2) is 5.13 Å². The maximum atomic E-state index is 12.0. The Kier molecular flexibility index (Phi) is 4.89. The first-order chi connectivity index (χ1) is 9.99. The van der Waals surface area contributed by atoms with E-state index in [1.54, 1.807) is 19.4 Å². The van der Waals surface area contributed by atoms with Crippen LogP contribution in [0.4, 0.5) is 5.13 Å². The minimum Gasteiger partial charge on any atom is -0.466 e. The Labute approximate surface area is 126 Å². The van der Waals surface area contributed by atoms with E-state index in [1.165, 1.54) is 16.2 Å². The second kappa shape index (κ2) is 6.66. The molecule has 0 saturated carbocycles. The number of rotatable bonds is 5. The molecule has 0 aromatic carbocycles. The van der Waals surface area contributed by atoms with Gasteiger partial charge in [-0.2, -0.15) is 0 Å². The summed E-state index contributed by atoms with van der Waals surface area (Å²) in [5, 5.41) is 4.83. The van der Waals surface area contributed by atoms with Crippen molar-refractivity contribution in [3.8, 4) is 0 Å². The molecule has 1 aliphatic rings. The lowest BCUT2D eigenvalue weighted by Crippen LogP contribution is -2.25. The van der Waals surface area contributed by atoms with Crippen LogP contribution in [-0.4, -0.2) is 47.9 Å². The van der Waals surface area contributed by atoms with Gasteiger partial charge in [0, 0.05) is 25.4 Å². The summed E-state index contributed by atoms with van der Waals surface area (Å²) in [6.45, 7) is 2.49. The van der Waals surface area contributed by atoms with E-state index in [2.05, 4.69) is 10.3 Å². The quantitative estimate of drug-likeness (QED) is 0.807. The molecule has 114 valence electrons. The Morgan fingerprint density at radius 3 is 2.95 bits per heavy atom. The van der Waals surface area contributed by atoms with Crippen molar-refractivity contribution in [1.29, 1.82) is 0 Å². The molecule has 1 aromatic heterocycles. The highest BCUT2D eigenvalue weighted by atomic mass is 32.1. The molecule has 0 radical (unpaired) electrons. The van der Waals surface area contributed by atoms with Gasteiger partial charge in [0.25, 0.3) is 0 Å². The first-order valence-corrected chi connectivity index (χ1v) is 7.52. The van der Waals surface area contributed by atoms with Crippen LogP contribution in [0, 0.1) is 5.92 Å². The van der Waals surface area contributed by atoms with Crippen LogP contribution in [0.2, 0.25) is 0 Å². The first-order valence-electron chi connectivity index (χ1n) is 6.64. The van der Waals surface area contributed by atoms with Crippen LogP contribution in [0.1, 0.15) is 19.0 Å². The topological polar surface area (TPSA) is 88.6 Å². The van der Waals surface area contributed by atoms with E-state index in [-0.39, 0.29) is 36.5 Å². The van der Waals surface area contributed by atoms with Gasteiger partial charge in [-0.05, 0) is 6.92 Å². The molecule has 2 amide bonds. The number of hydrogen-bond donors (Lipinski definition) is 1. The third kappa shape index (κ3) is 4.01. The second-order valence-corrected chi connectivity index (χ2v) is 5.65. The van der Waals surface area contributed by atoms with E-state index in [0.717, 1.165) is 0 Å². The molecule has 1 fully saturated rings. The summed E-state index contributed by atoms with van der Waals surface area (Å²) in [6, 6.07) is 0. The molecule has 0 bridgehead atoms. The molecule has 0 aliphatic carbocycles. The number of amides is 2. The number of hydrogen-bond acceptors (Lipinski definition) is 6. The van der Waals surface area contributed by atoms with Crippen LogP contribution in [0.5, 0.6) is 0 Å². The second-order valence-electron chi connectivity index (χ2n) is 4.79. The largest absolute Gasteiger partial charge is 0.466 e. The Balaban J connectivity index is 1.89. The summed E-state index contributed by atoms with van der Waals surface area (Å²) in [4.78, 5) is 40.5. The predicted octanol–water partition coefficient (Wildman–Crippen LogP) is 0.665. The lowest BCUT2D eigenvalue weighted by molar-refractivity contribution is -0.142. The first kappa shape index (κ1) is 15.4. The molecular weight excluding hydrogens is 294 g/mol. The molecule has 1 saturated heterocycles. The molecule has 21 heavy (non-hydrogen) atoms. The predicted molar refractivity (Wildman–Crippen MR) is 76.8 cm³/mol. The third-order valence-electron chi connectivity index (χ3n) is 3.12. The van der Waals surface area contributed by atoms with Gasteiger partial charge in [0.1, 0.15) is 0 Å². The molecule has 8 heteroatoms. The summed E-state index contributed by atoms with van der Waals surface area (Å²) in [5.74, 6) is -0.939. The van der Waals surface area contributed by atoms with Crippen molar-refractivity contribution in [3.63, 3.8) is 0 Å². The standard InChI is InChI=1S/C13H17N3O4S/c1-3-20-11(18)5-9-7-21-13(14-9)15-12(19)8-4-10(17)16(2)6-8/h7-8H,3-6H2,1-2H3,(H,14,15,19). The highest BCUT2D eigenvalue weighted by molar-refractivity contribution is 7.13. The van der Waals surface area contributed by atoms with Crippen molar-refractivity contribution in [2.45, 2.75) is 19.8 Å². The number of aromatic nitrogens is 1. The van der Waals surface area contributed by atoms with Crippen molar-refractivity contribution in [2.24, 2.45) is 5.92 Å². The molecule has 7 nitrogen and oxygen atoms in total. The number of ether oxygens (including phenoxy) is 1. The Morgan fingerprint density at radius 2 is 2.33 bits per heavy atom. The van der Waals surface area contributed by atoms with Gasteiger partial charge in [0.2, 0.25) is 11.8 Å². The Bertz CT molecular complexity index is 557. The molecule has 0 spiro atoms. The van der Waals surface area contributed by atoms with Gasteiger partial charge < -0.3 is 15.0 Å². The number of anilines is 1. The van der Waals surface area contributed by atoms with Gasteiger partial charge in [-0.15, -0.1) is 11.3 Å². The Hall–Kier alpha value is -1.96. The lowest BCUT2D eigenvalue weighted by atomic mass is 10.1. The van der Waals surface area contributed by atoms with E-state index >= 15 is 0 Å². The van der Waals surface area contributed by atoms with Crippen LogP contribution >= 0.6 is 11.3 Å². The average Bonchev–Trinajstić information content (AvgIpc) is 2.98. The van der Waals surface area contributed by atoms with Gasteiger partial charge >= 0.3 is 5.97 Å². The van der Waals surface area contributed by atoms with E-state index in [1.807, 2.05) is 0 Å². The summed E-state index contributed by atoms with van der Waals surface area (Å²) in [6.07, 6.45) is 0.314. The number of nitrogens with zero attached hydrogens (tertiary/aromatic N) is 2. The molecule has 1 atom stereocenters. The fraction of sp³-hybridized carbons (Fsp3) is 0.538. The van der Waals surface area contributed by atoms with Gasteiger partial charge in [-0.3, -0.25) is 14.4 Å². The van der Waals surface area contributed by atoms with Crippen LogP contribution < -0.4 is 5.32 Å². The monoisotopic (exact) mass is 311 g/mol. The van der Waals surface area contributed by atoms with Crippen LogP contribution in [0.25, 0.3) is 0 Å². The number of carbonyl (C=O) groups is 3. The average molecular weight is 311 g/mol. The summed E-state index contributed by atoms with van der Waals surface area (Å²) < 4.78 is 4.84. The summed E-state index contributed by atoms with van der Waals surface area (Å²) in [5.41, 5.74) is 0.563. The number of nitrogens with one attached hydrogen (secondary N) is 1. The van der Waals surface area contributed by atoms with E-state index in [0.29, 0.717) is 24.0 Å². The Morgan fingerprint density at radius 1 is 1.57 bits per heavy atom. The highest BCUT2D eigenvalue weighted by Crippen LogP contribution is 2.21. The summed E-state index contributed by atoms with van der Waals surface area (Å²) in [7, 11) is 1.68. The fourth-order valence-electron chi connectivity index (χ4n) is 2.05. The minimum absolute atomic E-state index is 0.0303. The molecular formula is C13H17N3O4S. The maximum Gasteiger partial charge on any atom is 0.311 e. The smallest absolute Gasteiger partial charge is 0.311 e. The van der Waals surface area contributed by atoms with Crippen LogP contribution in [-0.2, 0) is 25.5 Å². The van der Waals surface area contributed by atoms with Gasteiger partial charge in [-0.1, -0.05) is 0 Å². The van der Waals surface area contributed by atoms with E-state index in [9.17, 15) is 14.4 Å². The van der Waals surface area contributed by atoms with Crippen molar-refractivity contribution >= 4 is 34.3 Å². The molecule has 1 aliphatic heterocycles. The number of thiazole rings is 1. The number of esters is 1. The SMILES string of the molecule is CCOC(=O)Cc1csc(NC(=O)C2CC(=O)N(C)C2)n1. The van der Waals surface area contributed by atoms with E-state index in [4.69, 9.17) is 4.74 Å². The third-order valence-corrected chi connectivity index (χ3v) is 3.93. The molecule has 1 aromatic rings. The van der Waals surface area contributed by atoms with Gasteiger partial charge in [0.05, 0.1) is 24.6 Å². The van der Waals surface area contributed by atoms with Crippen molar-refractivity contribution in [2.75, 3.05) is 25.5 Å². The van der Waals surface area contributed by atoms with Crippen molar-refractivity contribution < 1.29 is 19.1 Å². The van der Waals surface area contributed by atoms with Crippen molar-refractivity contribution in [3.05, 3.63) is 11.1 Å².